The Balaban J connectivity index is 1.72. The van der Waals surface area contributed by atoms with Gasteiger partial charge in [-0.2, -0.15) is 4.31 Å². The van der Waals surface area contributed by atoms with Gasteiger partial charge in [-0.15, -0.1) is 0 Å². The number of hydrogen-bond donors (Lipinski definition) is 0. The third-order valence-corrected chi connectivity index (χ3v) is 7.83. The lowest BCUT2D eigenvalue weighted by Gasteiger charge is -2.23. The van der Waals surface area contributed by atoms with E-state index in [0.717, 1.165) is 12.0 Å². The maximum Gasteiger partial charge on any atom is 0.225 e. The molecule has 1 aromatic rings. The van der Waals surface area contributed by atoms with Crippen molar-refractivity contribution in [2.45, 2.75) is 38.5 Å². The van der Waals surface area contributed by atoms with Gasteiger partial charge in [0.1, 0.15) is 0 Å². The average molecular weight is 385 g/mol. The number of carbonyl (C=O) groups excluding carboxylic acids is 1. The van der Waals surface area contributed by atoms with Crippen LogP contribution in [-0.4, -0.2) is 48.4 Å². The van der Waals surface area contributed by atoms with Crippen molar-refractivity contribution in [2.24, 2.45) is 11.8 Å². The van der Waals surface area contributed by atoms with Crippen molar-refractivity contribution in [3.8, 4) is 0 Å². The largest absolute Gasteiger partial charge is 0.342 e. The van der Waals surface area contributed by atoms with Gasteiger partial charge in [0.25, 0.3) is 0 Å². The highest BCUT2D eigenvalue weighted by Crippen LogP contribution is 2.35. The molecule has 2 heterocycles. The summed E-state index contributed by atoms with van der Waals surface area (Å²) in [6.45, 7) is 5.85. The van der Waals surface area contributed by atoms with Gasteiger partial charge in [-0.3, -0.25) is 4.79 Å². The Bertz CT molecular complexity index is 750. The van der Waals surface area contributed by atoms with Gasteiger partial charge in [-0.05, 0) is 36.5 Å². The van der Waals surface area contributed by atoms with Crippen molar-refractivity contribution in [1.82, 2.24) is 9.21 Å². The number of benzene rings is 1. The second kappa shape index (κ2) is 7.25. The molecule has 25 heavy (non-hydrogen) atoms. The molecule has 0 aromatic heterocycles. The Kier molecular flexibility index (Phi) is 5.42. The Morgan fingerprint density at radius 1 is 1.28 bits per heavy atom. The number of carbonyl (C=O) groups is 1. The van der Waals surface area contributed by atoms with E-state index >= 15 is 0 Å². The summed E-state index contributed by atoms with van der Waals surface area (Å²) in [6, 6.07) is 7.34. The van der Waals surface area contributed by atoms with Crippen molar-refractivity contribution >= 4 is 27.5 Å². The first kappa shape index (κ1) is 18.7. The number of rotatable bonds is 3. The molecule has 0 radical (unpaired) electrons. The smallest absolute Gasteiger partial charge is 0.225 e. The van der Waals surface area contributed by atoms with Crippen molar-refractivity contribution < 1.29 is 13.2 Å². The van der Waals surface area contributed by atoms with Crippen LogP contribution in [0.15, 0.2) is 24.3 Å². The Hall–Kier alpha value is -1.11. The first-order valence-electron chi connectivity index (χ1n) is 8.81. The standard InChI is InChI=1S/C18H25ClN2O3S/c1-13(2)18(22)20-8-6-15-12-21(25(23,24)17(15)7-9-20)11-14-4-3-5-16(19)10-14/h3-5,10,13,15,17H,6-9,11-12H2,1-2H3/t15-,17-/m1/s1. The lowest BCUT2D eigenvalue weighted by atomic mass is 10.0. The Morgan fingerprint density at radius 3 is 2.68 bits per heavy atom. The predicted molar refractivity (Wildman–Crippen MR) is 98.7 cm³/mol. The maximum atomic E-state index is 13.0. The van der Waals surface area contributed by atoms with Crippen LogP contribution in [0.5, 0.6) is 0 Å². The molecule has 7 heteroatoms. The number of hydrogen-bond acceptors (Lipinski definition) is 3. The van der Waals surface area contributed by atoms with E-state index in [0.29, 0.717) is 37.6 Å². The molecule has 2 fully saturated rings. The second-order valence-electron chi connectivity index (χ2n) is 7.32. The average Bonchev–Trinajstić information content (AvgIpc) is 2.70. The monoisotopic (exact) mass is 384 g/mol. The number of likely N-dealkylation sites (tertiary alicyclic amines) is 1. The molecular weight excluding hydrogens is 360 g/mol. The van der Waals surface area contributed by atoms with E-state index in [4.69, 9.17) is 11.6 Å². The summed E-state index contributed by atoms with van der Waals surface area (Å²) in [5.74, 6) is 0.163. The van der Waals surface area contributed by atoms with Gasteiger partial charge in [0.05, 0.1) is 5.25 Å². The summed E-state index contributed by atoms with van der Waals surface area (Å²) in [6.07, 6.45) is 1.27. The number of sulfonamides is 1. The lowest BCUT2D eigenvalue weighted by molar-refractivity contribution is -0.134. The van der Waals surface area contributed by atoms with Crippen LogP contribution in [0.4, 0.5) is 0 Å². The highest BCUT2D eigenvalue weighted by atomic mass is 35.5. The van der Waals surface area contributed by atoms with Crippen LogP contribution in [0.2, 0.25) is 5.02 Å². The topological polar surface area (TPSA) is 57.7 Å². The first-order valence-corrected chi connectivity index (χ1v) is 10.7. The van der Waals surface area contributed by atoms with Crippen LogP contribution in [0.1, 0.15) is 32.3 Å². The highest BCUT2D eigenvalue weighted by molar-refractivity contribution is 7.90. The molecule has 138 valence electrons. The fourth-order valence-electron chi connectivity index (χ4n) is 3.88. The van der Waals surface area contributed by atoms with Crippen LogP contribution in [0.25, 0.3) is 0 Å². The number of halogens is 1. The van der Waals surface area contributed by atoms with Crippen LogP contribution in [0.3, 0.4) is 0 Å². The summed E-state index contributed by atoms with van der Waals surface area (Å²) >= 11 is 6.01. The van der Waals surface area contributed by atoms with Crippen LogP contribution in [0, 0.1) is 11.8 Å². The zero-order valence-corrected chi connectivity index (χ0v) is 16.3. The minimum atomic E-state index is -3.34. The summed E-state index contributed by atoms with van der Waals surface area (Å²) in [5, 5.41) is 0.239. The summed E-state index contributed by atoms with van der Waals surface area (Å²) < 4.78 is 27.5. The van der Waals surface area contributed by atoms with Crippen molar-refractivity contribution in [2.75, 3.05) is 19.6 Å². The van der Waals surface area contributed by atoms with Gasteiger partial charge in [0.2, 0.25) is 15.9 Å². The normalized spacial score (nSPS) is 26.5. The van der Waals surface area contributed by atoms with Crippen molar-refractivity contribution in [3.63, 3.8) is 0 Å². The molecule has 3 rings (SSSR count). The molecule has 2 saturated heterocycles. The first-order chi connectivity index (χ1) is 11.8. The lowest BCUT2D eigenvalue weighted by Crippen LogP contribution is -2.36. The third kappa shape index (κ3) is 3.86. The van der Waals surface area contributed by atoms with E-state index in [1.165, 1.54) is 0 Å². The molecule has 2 aliphatic heterocycles. The zero-order chi connectivity index (χ0) is 18.2. The second-order valence-corrected chi connectivity index (χ2v) is 9.91. The molecule has 1 amide bonds. The van der Waals surface area contributed by atoms with Gasteiger partial charge in [-0.1, -0.05) is 37.6 Å². The quantitative estimate of drug-likeness (QED) is 0.805. The van der Waals surface area contributed by atoms with E-state index in [-0.39, 0.29) is 23.0 Å². The van der Waals surface area contributed by atoms with Gasteiger partial charge < -0.3 is 4.90 Å². The zero-order valence-electron chi connectivity index (χ0n) is 14.7. The van der Waals surface area contributed by atoms with E-state index in [9.17, 15) is 13.2 Å². The third-order valence-electron chi connectivity index (χ3n) is 5.21. The molecule has 0 unspecified atom stereocenters. The van der Waals surface area contributed by atoms with Crippen LogP contribution in [-0.2, 0) is 21.4 Å². The molecule has 2 atom stereocenters. The van der Waals surface area contributed by atoms with Crippen LogP contribution >= 0.6 is 11.6 Å². The van der Waals surface area contributed by atoms with Crippen molar-refractivity contribution in [1.29, 1.82) is 0 Å². The minimum Gasteiger partial charge on any atom is -0.342 e. The molecule has 0 aliphatic carbocycles. The molecular formula is C18H25ClN2O3S. The molecule has 0 N–H and O–H groups in total. The number of amides is 1. The van der Waals surface area contributed by atoms with Crippen LogP contribution < -0.4 is 0 Å². The van der Waals surface area contributed by atoms with E-state index in [1.54, 1.807) is 10.4 Å². The van der Waals surface area contributed by atoms with Crippen molar-refractivity contribution in [3.05, 3.63) is 34.9 Å². The highest BCUT2D eigenvalue weighted by Gasteiger charge is 2.47. The summed E-state index contributed by atoms with van der Waals surface area (Å²) in [7, 11) is -3.34. The fourth-order valence-corrected chi connectivity index (χ4v) is 6.31. The van der Waals surface area contributed by atoms with Gasteiger partial charge in [0.15, 0.2) is 0 Å². The molecule has 5 nitrogen and oxygen atoms in total. The van der Waals surface area contributed by atoms with E-state index in [1.807, 2.05) is 36.9 Å². The van der Waals surface area contributed by atoms with Gasteiger partial charge in [-0.25, -0.2) is 8.42 Å². The fraction of sp³-hybridized carbons (Fsp3) is 0.611. The number of nitrogens with zero attached hydrogens (tertiary/aromatic N) is 2. The van der Waals surface area contributed by atoms with E-state index < -0.39 is 10.0 Å². The summed E-state index contributed by atoms with van der Waals surface area (Å²) in [5.41, 5.74) is 0.907. The van der Waals surface area contributed by atoms with E-state index in [2.05, 4.69) is 0 Å². The number of fused-ring (bicyclic) bond motifs is 1. The Morgan fingerprint density at radius 2 is 2.00 bits per heavy atom. The van der Waals surface area contributed by atoms with Gasteiger partial charge >= 0.3 is 0 Å². The Labute approximate surface area is 155 Å². The summed E-state index contributed by atoms with van der Waals surface area (Å²) in [4.78, 5) is 14.1. The molecule has 1 aromatic carbocycles. The molecule has 2 aliphatic rings. The predicted octanol–water partition coefficient (Wildman–Crippen LogP) is 2.75. The maximum absolute atomic E-state index is 13.0. The molecule has 0 spiro atoms. The van der Waals surface area contributed by atoms with Gasteiger partial charge in [0, 0.05) is 37.1 Å². The molecule has 0 bridgehead atoms. The minimum absolute atomic E-state index is 0.0473. The molecule has 0 saturated carbocycles. The SMILES string of the molecule is CC(C)C(=O)N1CC[C@@H]2CN(Cc3cccc(Cl)c3)S(=O)(=O)[C@@H]2CC1.